The van der Waals surface area contributed by atoms with E-state index in [-0.39, 0.29) is 17.9 Å². The van der Waals surface area contributed by atoms with E-state index < -0.39 is 30.0 Å². The van der Waals surface area contributed by atoms with Gasteiger partial charge >= 0.3 is 5.97 Å². The van der Waals surface area contributed by atoms with Gasteiger partial charge in [0, 0.05) is 6.54 Å². The van der Waals surface area contributed by atoms with Gasteiger partial charge in [-0.25, -0.2) is 4.79 Å². The molecule has 2 aliphatic rings. The molecule has 10 nitrogen and oxygen atoms in total. The molecular formula is C21H37N5O5S. The molecule has 182 valence electrons. The number of thioether (sulfide) groups is 1. The number of hydrogen-bond donors (Lipinski definition) is 5. The van der Waals surface area contributed by atoms with E-state index in [1.54, 1.807) is 11.8 Å². The molecule has 4 atom stereocenters. The molecule has 0 saturated carbocycles. The molecule has 11 heteroatoms. The van der Waals surface area contributed by atoms with E-state index in [0.29, 0.717) is 57.4 Å². The van der Waals surface area contributed by atoms with Crippen LogP contribution in [-0.2, 0) is 19.2 Å². The summed E-state index contributed by atoms with van der Waals surface area (Å²) in [4.78, 5) is 51.7. The Labute approximate surface area is 193 Å². The van der Waals surface area contributed by atoms with Gasteiger partial charge in [-0.05, 0) is 76.5 Å². The molecule has 2 aliphatic heterocycles. The summed E-state index contributed by atoms with van der Waals surface area (Å²) in [6.45, 7) is 1.61. The molecule has 2 rings (SSSR count). The highest BCUT2D eigenvalue weighted by Crippen LogP contribution is 2.20. The number of nitrogens with two attached hydrogens (primary N) is 1. The standard InChI is InChI=1S/C21H37N5O5S/c1-32-13-9-15(24-18(27)14-7-4-11-23-14)19(28)25-16(6-2-3-10-22)20(29)26-12-5-8-17(26)21(30)31/h14-17,23H,2-13,22H2,1H3,(H,24,27)(H,25,28)(H,30,31). The van der Waals surface area contributed by atoms with Crippen LogP contribution in [0.1, 0.15) is 51.4 Å². The predicted octanol–water partition coefficient (Wildman–Crippen LogP) is -0.334. The minimum Gasteiger partial charge on any atom is -0.480 e. The highest BCUT2D eigenvalue weighted by atomic mass is 32.2. The van der Waals surface area contributed by atoms with E-state index in [1.807, 2.05) is 6.26 Å². The van der Waals surface area contributed by atoms with Gasteiger partial charge in [0.25, 0.3) is 0 Å². The fourth-order valence-electron chi connectivity index (χ4n) is 4.20. The molecular weight excluding hydrogens is 434 g/mol. The zero-order chi connectivity index (χ0) is 23.5. The number of hydrogen-bond acceptors (Lipinski definition) is 7. The number of carboxylic acids is 1. The number of amides is 3. The van der Waals surface area contributed by atoms with Crippen molar-refractivity contribution in [2.24, 2.45) is 5.73 Å². The van der Waals surface area contributed by atoms with Crippen molar-refractivity contribution in [3.63, 3.8) is 0 Å². The van der Waals surface area contributed by atoms with Crippen LogP contribution in [0.4, 0.5) is 0 Å². The number of carbonyl (C=O) groups is 4. The van der Waals surface area contributed by atoms with Crippen molar-refractivity contribution in [1.29, 1.82) is 0 Å². The number of nitrogens with zero attached hydrogens (tertiary/aromatic N) is 1. The van der Waals surface area contributed by atoms with Crippen LogP contribution in [-0.4, -0.2) is 89.5 Å². The molecule has 0 aromatic heterocycles. The van der Waals surface area contributed by atoms with E-state index in [4.69, 9.17) is 5.73 Å². The van der Waals surface area contributed by atoms with E-state index in [1.165, 1.54) is 4.90 Å². The van der Waals surface area contributed by atoms with Crippen molar-refractivity contribution in [1.82, 2.24) is 20.9 Å². The molecule has 6 N–H and O–H groups in total. The Morgan fingerprint density at radius 3 is 2.53 bits per heavy atom. The van der Waals surface area contributed by atoms with Gasteiger partial charge < -0.3 is 31.7 Å². The molecule has 0 aromatic rings. The molecule has 0 aromatic carbocycles. The SMILES string of the molecule is CSCCC(NC(=O)C1CCCN1)C(=O)NC(CCCCN)C(=O)N1CCCC1C(=O)O. The summed E-state index contributed by atoms with van der Waals surface area (Å²) in [6.07, 6.45) is 6.74. The van der Waals surface area contributed by atoms with Crippen LogP contribution >= 0.6 is 11.8 Å². The van der Waals surface area contributed by atoms with Crippen LogP contribution in [0.5, 0.6) is 0 Å². The van der Waals surface area contributed by atoms with Crippen molar-refractivity contribution < 1.29 is 24.3 Å². The molecule has 0 radical (unpaired) electrons. The molecule has 4 unspecified atom stereocenters. The Bertz CT molecular complexity index is 658. The molecule has 0 aliphatic carbocycles. The Balaban J connectivity index is 2.09. The van der Waals surface area contributed by atoms with Gasteiger partial charge in [-0.3, -0.25) is 14.4 Å². The summed E-state index contributed by atoms with van der Waals surface area (Å²) in [5.74, 6) is -1.36. The molecule has 2 fully saturated rings. The zero-order valence-corrected chi connectivity index (χ0v) is 19.6. The van der Waals surface area contributed by atoms with Gasteiger partial charge in [0.1, 0.15) is 18.1 Å². The summed E-state index contributed by atoms with van der Waals surface area (Å²) in [7, 11) is 0. The second-order valence-corrected chi connectivity index (χ2v) is 9.35. The topological polar surface area (TPSA) is 154 Å². The molecule has 0 spiro atoms. The van der Waals surface area contributed by atoms with Gasteiger partial charge in [0.2, 0.25) is 17.7 Å². The first-order chi connectivity index (χ1) is 15.4. The average molecular weight is 472 g/mol. The zero-order valence-electron chi connectivity index (χ0n) is 18.8. The van der Waals surface area contributed by atoms with Crippen LogP contribution in [0, 0.1) is 0 Å². The molecule has 2 saturated heterocycles. The number of rotatable bonds is 13. The first-order valence-corrected chi connectivity index (χ1v) is 12.8. The average Bonchev–Trinajstić information content (AvgIpc) is 3.47. The summed E-state index contributed by atoms with van der Waals surface area (Å²) in [5, 5.41) is 18.2. The number of carbonyl (C=O) groups excluding carboxylic acids is 3. The van der Waals surface area contributed by atoms with Crippen LogP contribution in [0.3, 0.4) is 0 Å². The van der Waals surface area contributed by atoms with E-state index >= 15 is 0 Å². The highest BCUT2D eigenvalue weighted by molar-refractivity contribution is 7.98. The maximum atomic E-state index is 13.2. The fraction of sp³-hybridized carbons (Fsp3) is 0.810. The lowest BCUT2D eigenvalue weighted by Crippen LogP contribution is -2.57. The van der Waals surface area contributed by atoms with Crippen LogP contribution in [0.25, 0.3) is 0 Å². The second-order valence-electron chi connectivity index (χ2n) is 8.37. The quantitative estimate of drug-likeness (QED) is 0.229. The Morgan fingerprint density at radius 1 is 1.12 bits per heavy atom. The molecule has 32 heavy (non-hydrogen) atoms. The van der Waals surface area contributed by atoms with Crippen molar-refractivity contribution in [3.8, 4) is 0 Å². The third kappa shape index (κ3) is 7.63. The third-order valence-corrected chi connectivity index (χ3v) is 6.65. The van der Waals surface area contributed by atoms with Crippen molar-refractivity contribution in [3.05, 3.63) is 0 Å². The van der Waals surface area contributed by atoms with Crippen molar-refractivity contribution >= 4 is 35.5 Å². The summed E-state index contributed by atoms with van der Waals surface area (Å²) < 4.78 is 0. The van der Waals surface area contributed by atoms with Gasteiger partial charge in [0.05, 0.1) is 6.04 Å². The Morgan fingerprint density at radius 2 is 1.91 bits per heavy atom. The van der Waals surface area contributed by atoms with E-state index in [0.717, 1.165) is 19.4 Å². The van der Waals surface area contributed by atoms with Crippen LogP contribution < -0.4 is 21.7 Å². The number of nitrogens with one attached hydrogen (secondary N) is 3. The minimum absolute atomic E-state index is 0.208. The monoisotopic (exact) mass is 471 g/mol. The third-order valence-electron chi connectivity index (χ3n) is 6.00. The largest absolute Gasteiger partial charge is 0.480 e. The van der Waals surface area contributed by atoms with E-state index in [9.17, 15) is 24.3 Å². The van der Waals surface area contributed by atoms with E-state index in [2.05, 4.69) is 16.0 Å². The summed E-state index contributed by atoms with van der Waals surface area (Å²) >= 11 is 1.57. The van der Waals surface area contributed by atoms with Crippen molar-refractivity contribution in [2.75, 3.05) is 31.6 Å². The number of aliphatic carboxylic acids is 1. The smallest absolute Gasteiger partial charge is 0.326 e. The van der Waals surface area contributed by atoms with Gasteiger partial charge in [-0.1, -0.05) is 0 Å². The second kappa shape index (κ2) is 13.6. The number of carboxylic acid groups (broad SMARTS) is 1. The number of likely N-dealkylation sites (tertiary alicyclic amines) is 1. The normalized spacial score (nSPS) is 22.4. The Hall–Kier alpha value is -1.85. The lowest BCUT2D eigenvalue weighted by Gasteiger charge is -2.29. The first kappa shape index (κ1) is 26.4. The molecule has 2 heterocycles. The highest BCUT2D eigenvalue weighted by Gasteiger charge is 2.38. The van der Waals surface area contributed by atoms with Crippen molar-refractivity contribution in [2.45, 2.75) is 75.5 Å². The lowest BCUT2D eigenvalue weighted by molar-refractivity contribution is -0.149. The fourth-order valence-corrected chi connectivity index (χ4v) is 4.67. The van der Waals surface area contributed by atoms with Gasteiger partial charge in [0.15, 0.2) is 0 Å². The Kier molecular flexibility index (Phi) is 11.3. The predicted molar refractivity (Wildman–Crippen MR) is 123 cm³/mol. The molecule has 3 amide bonds. The van der Waals surface area contributed by atoms with Gasteiger partial charge in [-0.2, -0.15) is 11.8 Å². The van der Waals surface area contributed by atoms with Gasteiger partial charge in [-0.15, -0.1) is 0 Å². The first-order valence-electron chi connectivity index (χ1n) is 11.5. The summed E-state index contributed by atoms with van der Waals surface area (Å²) in [6, 6.07) is -2.76. The summed E-state index contributed by atoms with van der Waals surface area (Å²) in [5.41, 5.74) is 5.58. The minimum atomic E-state index is -1.03. The molecule has 0 bridgehead atoms. The maximum Gasteiger partial charge on any atom is 0.326 e. The van der Waals surface area contributed by atoms with Crippen LogP contribution in [0.2, 0.25) is 0 Å². The van der Waals surface area contributed by atoms with Crippen LogP contribution in [0.15, 0.2) is 0 Å². The maximum absolute atomic E-state index is 13.2. The number of unbranched alkanes of at least 4 members (excludes halogenated alkanes) is 1. The lowest BCUT2D eigenvalue weighted by atomic mass is 10.1.